The second-order valence-corrected chi connectivity index (χ2v) is 9.76. The van der Waals surface area contributed by atoms with Crippen LogP contribution in [0.5, 0.6) is 0 Å². The summed E-state index contributed by atoms with van der Waals surface area (Å²) in [7, 11) is -3.62. The summed E-state index contributed by atoms with van der Waals surface area (Å²) in [5.41, 5.74) is 1.20. The van der Waals surface area contributed by atoms with Crippen molar-refractivity contribution in [3.05, 3.63) is 94.0 Å². The number of nitrogens with one attached hydrogen (secondary N) is 1. The summed E-state index contributed by atoms with van der Waals surface area (Å²) in [6, 6.07) is 16.2. The number of aryl methyl sites for hydroxylation is 1. The minimum atomic E-state index is -4.66. The molecule has 0 radical (unpaired) electrons. The second-order valence-electron chi connectivity index (χ2n) is 7.45. The Kier molecular flexibility index (Phi) is 7.04. The molecule has 174 valence electrons. The number of carbonyl (C=O) groups excluding carboxylic acids is 1. The monoisotopic (exact) mass is 496 g/mol. The highest BCUT2D eigenvalue weighted by Gasteiger charge is 2.33. The molecule has 33 heavy (non-hydrogen) atoms. The zero-order chi connectivity index (χ0) is 24.4. The molecule has 1 amide bonds. The van der Waals surface area contributed by atoms with E-state index in [2.05, 4.69) is 5.32 Å². The lowest BCUT2D eigenvalue weighted by molar-refractivity contribution is -0.137. The van der Waals surface area contributed by atoms with E-state index in [-0.39, 0.29) is 17.8 Å². The summed E-state index contributed by atoms with van der Waals surface area (Å²) < 4.78 is 65.0. The van der Waals surface area contributed by atoms with Gasteiger partial charge in [0, 0.05) is 11.3 Å². The number of rotatable bonds is 6. The molecule has 0 unspecified atom stereocenters. The summed E-state index contributed by atoms with van der Waals surface area (Å²) in [6.07, 6.45) is -3.58. The number of halogens is 4. The fraction of sp³-hybridized carbons (Fsp3) is 0.174. The Morgan fingerprint density at radius 1 is 1.00 bits per heavy atom. The van der Waals surface area contributed by atoms with Gasteiger partial charge in [0.1, 0.15) is 0 Å². The summed E-state index contributed by atoms with van der Waals surface area (Å²) in [4.78, 5) is 12.5. The van der Waals surface area contributed by atoms with Gasteiger partial charge in [0.2, 0.25) is 10.0 Å². The molecule has 1 N–H and O–H groups in total. The molecule has 0 aliphatic heterocycles. The van der Waals surface area contributed by atoms with E-state index in [4.69, 9.17) is 11.6 Å². The summed E-state index contributed by atoms with van der Waals surface area (Å²) >= 11 is 5.60. The molecule has 3 aromatic rings. The minimum absolute atomic E-state index is 0.0714. The first kappa shape index (κ1) is 24.6. The number of anilines is 2. The van der Waals surface area contributed by atoms with Gasteiger partial charge < -0.3 is 5.32 Å². The zero-order valence-electron chi connectivity index (χ0n) is 17.7. The lowest BCUT2D eigenvalue weighted by Crippen LogP contribution is -2.29. The molecule has 0 spiro atoms. The number of hydrogen-bond donors (Lipinski definition) is 1. The number of sulfonamides is 1. The van der Waals surface area contributed by atoms with Crippen LogP contribution in [0.4, 0.5) is 24.5 Å². The molecule has 0 fully saturated rings. The van der Waals surface area contributed by atoms with Crippen molar-refractivity contribution in [1.29, 1.82) is 0 Å². The normalized spacial score (nSPS) is 11.8. The second kappa shape index (κ2) is 9.44. The third kappa shape index (κ3) is 6.27. The average molecular weight is 497 g/mol. The number of benzene rings is 3. The third-order valence-corrected chi connectivity index (χ3v) is 6.26. The van der Waals surface area contributed by atoms with Crippen LogP contribution in [-0.2, 0) is 22.7 Å². The molecular weight excluding hydrogens is 477 g/mol. The van der Waals surface area contributed by atoms with E-state index >= 15 is 0 Å². The van der Waals surface area contributed by atoms with Gasteiger partial charge in [-0.15, -0.1) is 0 Å². The van der Waals surface area contributed by atoms with Crippen molar-refractivity contribution < 1.29 is 26.4 Å². The van der Waals surface area contributed by atoms with Crippen molar-refractivity contribution in [2.75, 3.05) is 15.9 Å². The molecule has 3 aromatic carbocycles. The Labute approximate surface area is 194 Å². The van der Waals surface area contributed by atoms with Crippen molar-refractivity contribution in [1.82, 2.24) is 0 Å². The quantitative estimate of drug-likeness (QED) is 0.463. The first-order valence-corrected chi connectivity index (χ1v) is 11.9. The first-order valence-electron chi connectivity index (χ1n) is 9.66. The van der Waals surface area contributed by atoms with Crippen molar-refractivity contribution in [3.63, 3.8) is 0 Å². The molecule has 0 aliphatic carbocycles. The van der Waals surface area contributed by atoms with Crippen LogP contribution in [0, 0.1) is 6.92 Å². The van der Waals surface area contributed by atoms with Crippen LogP contribution in [0.25, 0.3) is 0 Å². The Hall–Kier alpha value is -3.04. The van der Waals surface area contributed by atoms with E-state index in [1.807, 2.05) is 31.2 Å². The maximum atomic E-state index is 13.0. The Balaban J connectivity index is 1.80. The maximum absolute atomic E-state index is 13.0. The predicted octanol–water partition coefficient (Wildman–Crippen LogP) is 5.89. The topological polar surface area (TPSA) is 66.5 Å². The summed E-state index contributed by atoms with van der Waals surface area (Å²) in [6.45, 7) is 2.03. The standard InChI is InChI=1S/C23H20ClF3N2O3S/c1-15-3-5-16(6-4-15)14-29(33(2,31)32)19-10-7-17(8-11-19)22(30)28-18-9-12-21(24)20(13-18)23(25,26)27/h3-13H,14H2,1-2H3,(H,28,30). The van der Waals surface area contributed by atoms with Crippen LogP contribution < -0.4 is 9.62 Å². The molecular formula is C23H20ClF3N2O3S. The van der Waals surface area contributed by atoms with E-state index in [9.17, 15) is 26.4 Å². The van der Waals surface area contributed by atoms with Crippen LogP contribution in [0.3, 0.4) is 0 Å². The molecule has 5 nitrogen and oxygen atoms in total. The number of amides is 1. The first-order chi connectivity index (χ1) is 15.3. The van der Waals surface area contributed by atoms with Crippen LogP contribution in [0.15, 0.2) is 66.7 Å². The molecule has 0 aliphatic rings. The molecule has 10 heteroatoms. The van der Waals surface area contributed by atoms with E-state index in [0.717, 1.165) is 29.5 Å². The fourth-order valence-electron chi connectivity index (χ4n) is 3.06. The van der Waals surface area contributed by atoms with Gasteiger partial charge in [0.15, 0.2) is 0 Å². The zero-order valence-corrected chi connectivity index (χ0v) is 19.2. The lowest BCUT2D eigenvalue weighted by Gasteiger charge is -2.23. The van der Waals surface area contributed by atoms with Gasteiger partial charge in [-0.25, -0.2) is 8.42 Å². The van der Waals surface area contributed by atoms with Crippen molar-refractivity contribution >= 4 is 38.9 Å². The van der Waals surface area contributed by atoms with Gasteiger partial charge in [-0.3, -0.25) is 9.10 Å². The lowest BCUT2D eigenvalue weighted by atomic mass is 10.1. The smallest absolute Gasteiger partial charge is 0.322 e. The van der Waals surface area contributed by atoms with E-state index in [0.29, 0.717) is 5.69 Å². The maximum Gasteiger partial charge on any atom is 0.417 e. The van der Waals surface area contributed by atoms with Gasteiger partial charge >= 0.3 is 6.18 Å². The average Bonchev–Trinajstić information content (AvgIpc) is 2.73. The molecule has 0 bridgehead atoms. The van der Waals surface area contributed by atoms with Crippen molar-refractivity contribution in [2.45, 2.75) is 19.6 Å². The van der Waals surface area contributed by atoms with Crippen molar-refractivity contribution in [3.8, 4) is 0 Å². The fourth-order valence-corrected chi connectivity index (χ4v) is 4.17. The molecule has 0 saturated heterocycles. The van der Waals surface area contributed by atoms with Crippen LogP contribution >= 0.6 is 11.6 Å². The number of carbonyl (C=O) groups is 1. The Bertz CT molecular complexity index is 1260. The van der Waals surface area contributed by atoms with Crippen LogP contribution in [-0.4, -0.2) is 20.6 Å². The molecule has 3 rings (SSSR count). The molecule has 0 atom stereocenters. The van der Waals surface area contributed by atoms with Gasteiger partial charge in [0.05, 0.1) is 29.1 Å². The van der Waals surface area contributed by atoms with E-state index in [1.165, 1.54) is 34.6 Å². The molecule has 0 saturated carbocycles. The number of nitrogens with zero attached hydrogens (tertiary/aromatic N) is 1. The highest BCUT2D eigenvalue weighted by atomic mass is 35.5. The SMILES string of the molecule is Cc1ccc(CN(c2ccc(C(=O)Nc3ccc(Cl)c(C(F)(F)F)c3)cc2)S(C)(=O)=O)cc1. The largest absolute Gasteiger partial charge is 0.417 e. The predicted molar refractivity (Wildman–Crippen MR) is 123 cm³/mol. The minimum Gasteiger partial charge on any atom is -0.322 e. The van der Waals surface area contributed by atoms with Crippen LogP contribution in [0.2, 0.25) is 5.02 Å². The van der Waals surface area contributed by atoms with Gasteiger partial charge in [0.25, 0.3) is 5.91 Å². The Morgan fingerprint density at radius 2 is 1.61 bits per heavy atom. The van der Waals surface area contributed by atoms with E-state index in [1.54, 1.807) is 0 Å². The number of hydrogen-bond acceptors (Lipinski definition) is 3. The van der Waals surface area contributed by atoms with Gasteiger partial charge in [-0.05, 0) is 55.0 Å². The van der Waals surface area contributed by atoms with Gasteiger partial charge in [-0.1, -0.05) is 41.4 Å². The van der Waals surface area contributed by atoms with Gasteiger partial charge in [-0.2, -0.15) is 13.2 Å². The summed E-state index contributed by atoms with van der Waals surface area (Å²) in [5, 5.41) is 1.92. The number of alkyl halides is 3. The van der Waals surface area contributed by atoms with Crippen molar-refractivity contribution in [2.24, 2.45) is 0 Å². The molecule has 0 aromatic heterocycles. The van der Waals surface area contributed by atoms with E-state index < -0.39 is 32.7 Å². The Morgan fingerprint density at radius 3 is 2.15 bits per heavy atom. The van der Waals surface area contributed by atoms with Crippen LogP contribution in [0.1, 0.15) is 27.0 Å². The highest BCUT2D eigenvalue weighted by molar-refractivity contribution is 7.92. The molecule has 0 heterocycles. The summed E-state index contributed by atoms with van der Waals surface area (Å²) in [5.74, 6) is -0.651. The third-order valence-electron chi connectivity index (χ3n) is 4.79. The highest BCUT2D eigenvalue weighted by Crippen LogP contribution is 2.36.